The second-order valence-electron chi connectivity index (χ2n) is 10.4. The van der Waals surface area contributed by atoms with Gasteiger partial charge < -0.3 is 5.32 Å². The molecule has 0 bridgehead atoms. The minimum atomic E-state index is -3.00. The third kappa shape index (κ3) is 4.97. The van der Waals surface area contributed by atoms with Crippen molar-refractivity contribution in [3.05, 3.63) is 76.0 Å². The molecule has 0 spiro atoms. The Labute approximate surface area is 243 Å². The lowest BCUT2D eigenvalue weighted by Crippen LogP contribution is -2.29. The summed E-state index contributed by atoms with van der Waals surface area (Å²) < 4.78 is 43.6. The summed E-state index contributed by atoms with van der Waals surface area (Å²) in [7, 11) is 0. The molecule has 1 saturated carbocycles. The van der Waals surface area contributed by atoms with Crippen LogP contribution < -0.4 is 10.2 Å². The van der Waals surface area contributed by atoms with Crippen molar-refractivity contribution in [1.29, 1.82) is 0 Å². The first-order valence-corrected chi connectivity index (χ1v) is 13.6. The second-order valence-corrected chi connectivity index (χ2v) is 10.8. The number of aromatic nitrogens is 6. The van der Waals surface area contributed by atoms with Gasteiger partial charge in [-0.25, -0.2) is 28.1 Å². The van der Waals surface area contributed by atoms with Gasteiger partial charge in [0.2, 0.25) is 11.9 Å². The van der Waals surface area contributed by atoms with Gasteiger partial charge >= 0.3 is 0 Å². The van der Waals surface area contributed by atoms with Crippen molar-refractivity contribution in [1.82, 2.24) is 29.7 Å². The molecule has 0 unspecified atom stereocenters. The van der Waals surface area contributed by atoms with Gasteiger partial charge in [-0.05, 0) is 38.7 Å². The fraction of sp³-hybridized carbons (Fsp3) is 0.321. The molecule has 2 amide bonds. The van der Waals surface area contributed by atoms with Crippen molar-refractivity contribution < 1.29 is 22.8 Å². The SMILES string of the molecule is Cc1nc(N2C[C@H]3CC[C@H]3C2=O)ncc1Cn1cc(NC(=O)c2nc(-c3c(C(F)F)ccc(Cl)c3F)cnc2C)cn1. The summed E-state index contributed by atoms with van der Waals surface area (Å²) in [6.07, 6.45) is 4.78. The number of halogens is 4. The largest absolute Gasteiger partial charge is 0.318 e. The first kappa shape index (κ1) is 27.8. The van der Waals surface area contributed by atoms with Crippen molar-refractivity contribution >= 4 is 35.1 Å². The van der Waals surface area contributed by atoms with Crippen molar-refractivity contribution in [2.75, 3.05) is 16.8 Å². The third-order valence-corrected chi connectivity index (χ3v) is 8.03. The number of rotatable bonds is 7. The van der Waals surface area contributed by atoms with Gasteiger partial charge in [-0.3, -0.25) is 24.2 Å². The minimum absolute atomic E-state index is 0.0866. The van der Waals surface area contributed by atoms with Gasteiger partial charge in [-0.2, -0.15) is 5.10 Å². The van der Waals surface area contributed by atoms with E-state index in [1.54, 1.807) is 22.0 Å². The molecule has 216 valence electrons. The lowest BCUT2D eigenvalue weighted by molar-refractivity contribution is -0.123. The number of benzene rings is 1. The number of carbonyl (C=O) groups excluding carboxylic acids is 2. The minimum Gasteiger partial charge on any atom is -0.318 e. The normalized spacial score (nSPS) is 17.9. The predicted molar refractivity (Wildman–Crippen MR) is 147 cm³/mol. The number of carbonyl (C=O) groups is 2. The first-order valence-electron chi connectivity index (χ1n) is 13.2. The van der Waals surface area contributed by atoms with Crippen LogP contribution in [0.5, 0.6) is 0 Å². The van der Waals surface area contributed by atoms with E-state index in [0.717, 1.165) is 36.7 Å². The quantitative estimate of drug-likeness (QED) is 0.313. The van der Waals surface area contributed by atoms with Crippen LogP contribution in [-0.2, 0) is 11.3 Å². The van der Waals surface area contributed by atoms with Crippen molar-refractivity contribution in [2.24, 2.45) is 11.8 Å². The van der Waals surface area contributed by atoms with E-state index < -0.39 is 29.3 Å². The summed E-state index contributed by atoms with van der Waals surface area (Å²) in [5.41, 5.74) is 0.466. The Morgan fingerprint density at radius 2 is 1.93 bits per heavy atom. The molecule has 14 heteroatoms. The first-order chi connectivity index (χ1) is 20.1. The lowest BCUT2D eigenvalue weighted by atomic mass is 9.76. The molecule has 1 aliphatic carbocycles. The Hall–Kier alpha value is -4.39. The van der Waals surface area contributed by atoms with Crippen LogP contribution in [0.1, 0.15) is 52.3 Å². The maximum Gasteiger partial charge on any atom is 0.276 e. The highest BCUT2D eigenvalue weighted by Gasteiger charge is 2.47. The van der Waals surface area contributed by atoms with Crippen LogP contribution in [0.4, 0.5) is 24.8 Å². The molecule has 4 heterocycles. The van der Waals surface area contributed by atoms with E-state index in [-0.39, 0.29) is 33.9 Å². The molecule has 10 nitrogen and oxygen atoms in total. The molecule has 2 aliphatic rings. The van der Waals surface area contributed by atoms with Gasteiger partial charge in [0, 0.05) is 47.2 Å². The van der Waals surface area contributed by atoms with E-state index in [0.29, 0.717) is 36.3 Å². The van der Waals surface area contributed by atoms with Crippen LogP contribution in [0.25, 0.3) is 11.3 Å². The number of fused-ring (bicyclic) bond motifs is 1. The zero-order valence-corrected chi connectivity index (χ0v) is 23.2. The molecule has 1 saturated heterocycles. The van der Waals surface area contributed by atoms with Gasteiger partial charge in [0.1, 0.15) is 5.69 Å². The van der Waals surface area contributed by atoms with E-state index >= 15 is 0 Å². The van der Waals surface area contributed by atoms with Crippen molar-refractivity contribution in [2.45, 2.75) is 39.7 Å². The average Bonchev–Trinajstić information content (AvgIpc) is 3.46. The van der Waals surface area contributed by atoms with E-state index in [9.17, 15) is 22.8 Å². The van der Waals surface area contributed by atoms with Gasteiger partial charge in [0.25, 0.3) is 12.3 Å². The molecule has 2 atom stereocenters. The van der Waals surface area contributed by atoms with Gasteiger partial charge in [-0.1, -0.05) is 17.7 Å². The Morgan fingerprint density at radius 1 is 1.12 bits per heavy atom. The Kier molecular flexibility index (Phi) is 7.13. The molecule has 1 aromatic carbocycles. The smallest absolute Gasteiger partial charge is 0.276 e. The monoisotopic (exact) mass is 596 g/mol. The zero-order valence-electron chi connectivity index (χ0n) is 22.5. The van der Waals surface area contributed by atoms with E-state index in [2.05, 4.69) is 30.4 Å². The summed E-state index contributed by atoms with van der Waals surface area (Å²) >= 11 is 5.83. The maximum absolute atomic E-state index is 14.8. The number of hydrogen-bond acceptors (Lipinski definition) is 7. The number of alkyl halides is 2. The molecule has 2 fully saturated rings. The van der Waals surface area contributed by atoms with Crippen LogP contribution in [0.2, 0.25) is 5.02 Å². The molecule has 1 aliphatic heterocycles. The fourth-order valence-electron chi connectivity index (χ4n) is 5.25. The highest BCUT2D eigenvalue weighted by molar-refractivity contribution is 6.31. The summed E-state index contributed by atoms with van der Waals surface area (Å²) in [5.74, 6) is -0.785. The Bertz CT molecular complexity index is 1730. The summed E-state index contributed by atoms with van der Waals surface area (Å²) in [6.45, 7) is 4.31. The average molecular weight is 597 g/mol. The summed E-state index contributed by atoms with van der Waals surface area (Å²) in [6, 6.07) is 2.05. The van der Waals surface area contributed by atoms with Crippen molar-refractivity contribution in [3.63, 3.8) is 0 Å². The van der Waals surface area contributed by atoms with Crippen LogP contribution in [-0.4, -0.2) is 48.1 Å². The Balaban J connectivity index is 1.18. The molecule has 6 rings (SSSR count). The van der Waals surface area contributed by atoms with Crippen molar-refractivity contribution in [3.8, 4) is 11.3 Å². The molecular formula is C28H24ClF3N8O2. The maximum atomic E-state index is 14.8. The summed E-state index contributed by atoms with van der Waals surface area (Å²) in [4.78, 5) is 44.5. The molecule has 4 aromatic rings. The highest BCUT2D eigenvalue weighted by Crippen LogP contribution is 2.42. The molecular weight excluding hydrogens is 573 g/mol. The third-order valence-electron chi connectivity index (χ3n) is 7.74. The number of amides is 2. The van der Waals surface area contributed by atoms with Crippen LogP contribution in [0.15, 0.2) is 36.9 Å². The molecule has 0 radical (unpaired) electrons. The van der Waals surface area contributed by atoms with E-state index in [1.165, 1.54) is 13.1 Å². The number of hydrogen-bond donors (Lipinski definition) is 1. The van der Waals surface area contributed by atoms with Gasteiger partial charge in [0.05, 0.1) is 41.0 Å². The van der Waals surface area contributed by atoms with E-state index in [4.69, 9.17) is 11.6 Å². The van der Waals surface area contributed by atoms with E-state index in [1.807, 2.05) is 6.92 Å². The van der Waals surface area contributed by atoms with Gasteiger partial charge in [-0.15, -0.1) is 0 Å². The molecule has 42 heavy (non-hydrogen) atoms. The standard InChI is InChI=1S/C28H24ClF3N8O2/c1-13-16(7-34-28(36-13)40-11-15-3-4-18(15)27(40)42)10-39-12-17(8-35-39)37-26(41)24-14(2)33-9-21(38-24)22-19(25(31)32)5-6-20(29)23(22)30/h5-9,12,15,18,25H,3-4,10-11H2,1-2H3,(H,37,41)/t15-,18-/m1/s1. The van der Waals surface area contributed by atoms with Gasteiger partial charge in [0.15, 0.2) is 5.82 Å². The van der Waals surface area contributed by atoms with Crippen LogP contribution in [0, 0.1) is 31.5 Å². The van der Waals surface area contributed by atoms with Crippen LogP contribution in [0.3, 0.4) is 0 Å². The van der Waals surface area contributed by atoms with Crippen LogP contribution >= 0.6 is 11.6 Å². The summed E-state index contributed by atoms with van der Waals surface area (Å²) in [5, 5.41) is 6.58. The topological polar surface area (TPSA) is 119 Å². The number of aryl methyl sites for hydroxylation is 2. The molecule has 3 aromatic heterocycles. The lowest BCUT2D eigenvalue weighted by Gasteiger charge is -2.25. The molecule has 1 N–H and O–H groups in total. The number of anilines is 2. The zero-order chi connectivity index (χ0) is 29.7. The fourth-order valence-corrected chi connectivity index (χ4v) is 5.41. The number of nitrogens with zero attached hydrogens (tertiary/aromatic N) is 7. The second kappa shape index (κ2) is 10.8. The number of nitrogens with one attached hydrogen (secondary N) is 1. The highest BCUT2D eigenvalue weighted by atomic mass is 35.5. The Morgan fingerprint density at radius 3 is 2.60 bits per heavy atom. The predicted octanol–water partition coefficient (Wildman–Crippen LogP) is 5.15.